The summed E-state index contributed by atoms with van der Waals surface area (Å²) in [5.74, 6) is 0. The number of nitrogens with one attached hydrogen (secondary N) is 1. The maximum absolute atomic E-state index is 4.55. The predicted molar refractivity (Wildman–Crippen MR) is 79.4 cm³/mol. The highest BCUT2D eigenvalue weighted by atomic mass is 15.3. The van der Waals surface area contributed by atoms with Gasteiger partial charge in [-0.15, -0.1) is 0 Å². The summed E-state index contributed by atoms with van der Waals surface area (Å²) in [7, 11) is 4.02. The molecule has 0 aliphatic rings. The Morgan fingerprint density at radius 2 is 2.00 bits per heavy atom. The van der Waals surface area contributed by atoms with Gasteiger partial charge in [-0.2, -0.15) is 5.10 Å². The quantitative estimate of drug-likeness (QED) is 0.912. The molecule has 0 amide bonds. The van der Waals surface area contributed by atoms with Crippen molar-refractivity contribution in [2.24, 2.45) is 7.05 Å². The standard InChI is InChI=1S/C16H23N3/c1-6-13-10-15(19(5)18-13)16(17-4)14-9-11(2)7-8-12(14)3/h7-10,16-17H,6H2,1-5H3. The molecular weight excluding hydrogens is 234 g/mol. The summed E-state index contributed by atoms with van der Waals surface area (Å²) in [4.78, 5) is 0. The van der Waals surface area contributed by atoms with Crippen molar-refractivity contribution in [1.82, 2.24) is 15.1 Å². The lowest BCUT2D eigenvalue weighted by Crippen LogP contribution is -2.21. The van der Waals surface area contributed by atoms with Gasteiger partial charge in [-0.05, 0) is 44.5 Å². The molecule has 19 heavy (non-hydrogen) atoms. The summed E-state index contributed by atoms with van der Waals surface area (Å²) in [5, 5.41) is 7.97. The second kappa shape index (κ2) is 5.57. The number of benzene rings is 1. The van der Waals surface area contributed by atoms with Crippen LogP contribution in [0.2, 0.25) is 0 Å². The minimum atomic E-state index is 0.192. The minimum Gasteiger partial charge on any atom is -0.308 e. The molecule has 0 radical (unpaired) electrons. The highest BCUT2D eigenvalue weighted by molar-refractivity contribution is 5.37. The molecule has 2 rings (SSSR count). The molecule has 0 aliphatic heterocycles. The van der Waals surface area contributed by atoms with Crippen molar-refractivity contribution in [2.75, 3.05) is 7.05 Å². The van der Waals surface area contributed by atoms with E-state index in [0.717, 1.165) is 12.1 Å². The van der Waals surface area contributed by atoms with Gasteiger partial charge in [-0.25, -0.2) is 0 Å². The van der Waals surface area contributed by atoms with Crippen molar-refractivity contribution in [3.05, 3.63) is 52.3 Å². The molecule has 2 aromatic rings. The van der Waals surface area contributed by atoms with Gasteiger partial charge in [0, 0.05) is 7.05 Å². The zero-order valence-electron chi connectivity index (χ0n) is 12.5. The molecule has 0 saturated heterocycles. The van der Waals surface area contributed by atoms with Crippen LogP contribution >= 0.6 is 0 Å². The second-order valence-electron chi connectivity index (χ2n) is 5.12. The van der Waals surface area contributed by atoms with Crippen LogP contribution in [0.4, 0.5) is 0 Å². The Morgan fingerprint density at radius 3 is 2.58 bits per heavy atom. The molecule has 1 unspecified atom stereocenters. The molecule has 3 heteroatoms. The van der Waals surface area contributed by atoms with Gasteiger partial charge in [0.15, 0.2) is 0 Å². The first kappa shape index (κ1) is 13.8. The SMILES string of the molecule is CCc1cc(C(NC)c2cc(C)ccc2C)n(C)n1. The van der Waals surface area contributed by atoms with Crippen LogP contribution in [0.15, 0.2) is 24.3 Å². The molecular formula is C16H23N3. The average Bonchev–Trinajstić information content (AvgIpc) is 2.76. The van der Waals surface area contributed by atoms with E-state index in [9.17, 15) is 0 Å². The molecule has 0 fully saturated rings. The van der Waals surface area contributed by atoms with Gasteiger partial charge in [-0.1, -0.05) is 30.7 Å². The van der Waals surface area contributed by atoms with Gasteiger partial charge in [0.2, 0.25) is 0 Å². The zero-order valence-corrected chi connectivity index (χ0v) is 12.5. The molecule has 0 saturated carbocycles. The highest BCUT2D eigenvalue weighted by Gasteiger charge is 2.18. The fourth-order valence-electron chi connectivity index (χ4n) is 2.52. The number of hydrogen-bond donors (Lipinski definition) is 1. The Hall–Kier alpha value is -1.61. The molecule has 1 aromatic heterocycles. The topological polar surface area (TPSA) is 29.9 Å². The number of aromatic nitrogens is 2. The van der Waals surface area contributed by atoms with Crippen LogP contribution < -0.4 is 5.32 Å². The van der Waals surface area contributed by atoms with Gasteiger partial charge in [0.1, 0.15) is 0 Å². The van der Waals surface area contributed by atoms with E-state index in [2.05, 4.69) is 55.5 Å². The van der Waals surface area contributed by atoms with Gasteiger partial charge >= 0.3 is 0 Å². The monoisotopic (exact) mass is 257 g/mol. The molecule has 3 nitrogen and oxygen atoms in total. The lowest BCUT2D eigenvalue weighted by molar-refractivity contribution is 0.601. The first-order valence-electron chi connectivity index (χ1n) is 6.84. The van der Waals surface area contributed by atoms with Crippen LogP contribution in [0.25, 0.3) is 0 Å². The molecule has 0 spiro atoms. The first-order chi connectivity index (χ1) is 9.06. The van der Waals surface area contributed by atoms with Gasteiger partial charge in [0.25, 0.3) is 0 Å². The fourth-order valence-corrected chi connectivity index (χ4v) is 2.52. The number of aryl methyl sites for hydroxylation is 4. The maximum atomic E-state index is 4.55. The smallest absolute Gasteiger partial charge is 0.0748 e. The molecule has 1 N–H and O–H groups in total. The summed E-state index contributed by atoms with van der Waals surface area (Å²) in [6, 6.07) is 8.99. The number of nitrogens with zero attached hydrogens (tertiary/aromatic N) is 2. The van der Waals surface area contributed by atoms with E-state index in [1.54, 1.807) is 0 Å². The Kier molecular flexibility index (Phi) is 4.05. The summed E-state index contributed by atoms with van der Waals surface area (Å²) < 4.78 is 1.99. The summed E-state index contributed by atoms with van der Waals surface area (Å²) in [5.41, 5.74) is 6.28. The third-order valence-electron chi connectivity index (χ3n) is 3.66. The van der Waals surface area contributed by atoms with Crippen LogP contribution in [-0.2, 0) is 13.5 Å². The fraction of sp³-hybridized carbons (Fsp3) is 0.438. The average molecular weight is 257 g/mol. The summed E-state index contributed by atoms with van der Waals surface area (Å²) in [6.07, 6.45) is 0.969. The number of rotatable bonds is 4. The normalized spacial score (nSPS) is 12.7. The molecule has 0 aliphatic carbocycles. The molecule has 1 atom stereocenters. The molecule has 1 heterocycles. The van der Waals surface area contributed by atoms with Crippen molar-refractivity contribution in [3.8, 4) is 0 Å². The second-order valence-corrected chi connectivity index (χ2v) is 5.12. The zero-order chi connectivity index (χ0) is 14.0. The Morgan fingerprint density at radius 1 is 1.26 bits per heavy atom. The van der Waals surface area contributed by atoms with E-state index in [4.69, 9.17) is 0 Å². The van der Waals surface area contributed by atoms with Crippen molar-refractivity contribution in [1.29, 1.82) is 0 Å². The lowest BCUT2D eigenvalue weighted by atomic mass is 9.96. The van der Waals surface area contributed by atoms with E-state index in [0.29, 0.717) is 0 Å². The van der Waals surface area contributed by atoms with E-state index < -0.39 is 0 Å². The molecule has 0 bridgehead atoms. The van der Waals surface area contributed by atoms with Crippen molar-refractivity contribution in [2.45, 2.75) is 33.2 Å². The largest absolute Gasteiger partial charge is 0.308 e. The lowest BCUT2D eigenvalue weighted by Gasteiger charge is -2.19. The van der Waals surface area contributed by atoms with E-state index in [-0.39, 0.29) is 6.04 Å². The minimum absolute atomic E-state index is 0.192. The number of hydrogen-bond acceptors (Lipinski definition) is 2. The van der Waals surface area contributed by atoms with E-state index >= 15 is 0 Å². The van der Waals surface area contributed by atoms with Crippen LogP contribution in [-0.4, -0.2) is 16.8 Å². The summed E-state index contributed by atoms with van der Waals surface area (Å²) >= 11 is 0. The van der Waals surface area contributed by atoms with Gasteiger partial charge in [0.05, 0.1) is 17.4 Å². The van der Waals surface area contributed by atoms with Crippen LogP contribution in [0.1, 0.15) is 41.0 Å². The van der Waals surface area contributed by atoms with Crippen molar-refractivity contribution in [3.63, 3.8) is 0 Å². The summed E-state index contributed by atoms with van der Waals surface area (Å²) in [6.45, 7) is 6.44. The Labute approximate surface area is 115 Å². The maximum Gasteiger partial charge on any atom is 0.0748 e. The van der Waals surface area contributed by atoms with Crippen LogP contribution in [0, 0.1) is 13.8 Å². The van der Waals surface area contributed by atoms with E-state index in [1.165, 1.54) is 22.4 Å². The van der Waals surface area contributed by atoms with Gasteiger partial charge < -0.3 is 5.32 Å². The first-order valence-corrected chi connectivity index (χ1v) is 6.84. The highest BCUT2D eigenvalue weighted by Crippen LogP contribution is 2.26. The third-order valence-corrected chi connectivity index (χ3v) is 3.66. The van der Waals surface area contributed by atoms with E-state index in [1.807, 2.05) is 18.8 Å². The van der Waals surface area contributed by atoms with Crippen molar-refractivity contribution >= 4 is 0 Å². The predicted octanol–water partition coefficient (Wildman–Crippen LogP) is 2.91. The third kappa shape index (κ3) is 2.71. The van der Waals surface area contributed by atoms with Gasteiger partial charge in [-0.3, -0.25) is 4.68 Å². The van der Waals surface area contributed by atoms with Crippen molar-refractivity contribution < 1.29 is 0 Å². The Bertz CT molecular complexity index is 569. The van der Waals surface area contributed by atoms with Crippen LogP contribution in [0.3, 0.4) is 0 Å². The Balaban J connectivity index is 2.49. The molecule has 102 valence electrons. The van der Waals surface area contributed by atoms with Crippen LogP contribution in [0.5, 0.6) is 0 Å². The molecule has 1 aromatic carbocycles.